The van der Waals surface area contributed by atoms with Gasteiger partial charge in [-0.1, -0.05) is 12.1 Å². The molecule has 2 aromatic rings. The van der Waals surface area contributed by atoms with Crippen LogP contribution in [0.4, 0.5) is 10.5 Å². The Bertz CT molecular complexity index is 1100. The van der Waals surface area contributed by atoms with E-state index < -0.39 is 6.04 Å². The highest BCUT2D eigenvalue weighted by molar-refractivity contribution is 7.98. The van der Waals surface area contributed by atoms with Crippen molar-refractivity contribution in [3.05, 3.63) is 63.6 Å². The predicted molar refractivity (Wildman–Crippen MR) is 133 cm³/mol. The van der Waals surface area contributed by atoms with Crippen LogP contribution in [-0.2, 0) is 11.3 Å². The van der Waals surface area contributed by atoms with E-state index in [1.54, 1.807) is 23.9 Å². The maximum Gasteiger partial charge on any atom is 0.318 e. The van der Waals surface area contributed by atoms with E-state index in [1.807, 2.05) is 53.8 Å². The molecule has 3 amide bonds. The van der Waals surface area contributed by atoms with Gasteiger partial charge in [0.05, 0.1) is 0 Å². The molecule has 1 unspecified atom stereocenters. The zero-order valence-corrected chi connectivity index (χ0v) is 20.3. The highest BCUT2D eigenvalue weighted by atomic mass is 32.2. The highest BCUT2D eigenvalue weighted by Crippen LogP contribution is 2.34. The SMILES string of the molecule is CSCC[C@H](NC(=O)N1CC2C[C@H](C1)Cn1c2cccc1=O)C(=O)Nc1ccc(C)c(C)c1. The highest BCUT2D eigenvalue weighted by Gasteiger charge is 2.37. The van der Waals surface area contributed by atoms with E-state index in [1.165, 1.54) is 5.56 Å². The van der Waals surface area contributed by atoms with Gasteiger partial charge in [0.2, 0.25) is 5.91 Å². The summed E-state index contributed by atoms with van der Waals surface area (Å²) in [5.74, 6) is 0.962. The summed E-state index contributed by atoms with van der Waals surface area (Å²) in [6.45, 7) is 5.83. The van der Waals surface area contributed by atoms with Gasteiger partial charge in [-0.15, -0.1) is 0 Å². The fourth-order valence-electron chi connectivity index (χ4n) is 4.86. The van der Waals surface area contributed by atoms with Gasteiger partial charge < -0.3 is 20.1 Å². The monoisotopic (exact) mass is 468 g/mol. The van der Waals surface area contributed by atoms with Crippen molar-refractivity contribution in [2.24, 2.45) is 5.92 Å². The number of aromatic nitrogens is 1. The van der Waals surface area contributed by atoms with Crippen molar-refractivity contribution in [1.82, 2.24) is 14.8 Å². The first-order valence-electron chi connectivity index (χ1n) is 11.5. The number of anilines is 1. The molecule has 0 saturated carbocycles. The second-order valence-electron chi connectivity index (χ2n) is 9.17. The summed E-state index contributed by atoms with van der Waals surface area (Å²) < 4.78 is 1.85. The third-order valence-corrected chi connectivity index (χ3v) is 7.41. The lowest BCUT2D eigenvalue weighted by Crippen LogP contribution is -2.55. The van der Waals surface area contributed by atoms with Gasteiger partial charge in [-0.2, -0.15) is 11.8 Å². The molecule has 8 heteroatoms. The lowest BCUT2D eigenvalue weighted by Gasteiger charge is -2.43. The predicted octanol–water partition coefficient (Wildman–Crippen LogP) is 3.35. The molecule has 0 spiro atoms. The molecule has 3 heterocycles. The fraction of sp³-hybridized carbons (Fsp3) is 0.480. The molecule has 0 aliphatic carbocycles. The number of urea groups is 1. The summed E-state index contributed by atoms with van der Waals surface area (Å²) in [5, 5.41) is 5.95. The summed E-state index contributed by atoms with van der Waals surface area (Å²) in [6, 6.07) is 10.4. The zero-order chi connectivity index (χ0) is 23.5. The molecule has 1 aromatic carbocycles. The van der Waals surface area contributed by atoms with Gasteiger partial charge in [0.1, 0.15) is 6.04 Å². The molecule has 1 saturated heterocycles. The lowest BCUT2D eigenvalue weighted by atomic mass is 9.83. The minimum atomic E-state index is -0.608. The van der Waals surface area contributed by atoms with Crippen molar-refractivity contribution in [2.75, 3.05) is 30.4 Å². The van der Waals surface area contributed by atoms with Gasteiger partial charge >= 0.3 is 6.03 Å². The number of carbonyl (C=O) groups excluding carboxylic acids is 2. The Morgan fingerprint density at radius 2 is 1.94 bits per heavy atom. The van der Waals surface area contributed by atoms with Crippen LogP contribution in [0.2, 0.25) is 0 Å². The van der Waals surface area contributed by atoms with Crippen LogP contribution >= 0.6 is 11.8 Å². The van der Waals surface area contributed by atoms with E-state index in [0.29, 0.717) is 26.1 Å². The number of fused-ring (bicyclic) bond motifs is 4. The van der Waals surface area contributed by atoms with Crippen molar-refractivity contribution < 1.29 is 9.59 Å². The number of carbonyl (C=O) groups is 2. The molecule has 7 nitrogen and oxygen atoms in total. The topological polar surface area (TPSA) is 83.4 Å². The molecule has 1 fully saturated rings. The van der Waals surface area contributed by atoms with E-state index in [0.717, 1.165) is 29.1 Å². The molecule has 2 aliphatic heterocycles. The summed E-state index contributed by atoms with van der Waals surface area (Å²) in [6.07, 6.45) is 3.53. The maximum atomic E-state index is 13.2. The van der Waals surface area contributed by atoms with Crippen LogP contribution in [0.25, 0.3) is 0 Å². The average molecular weight is 469 g/mol. The van der Waals surface area contributed by atoms with Crippen molar-refractivity contribution in [2.45, 2.75) is 45.2 Å². The van der Waals surface area contributed by atoms with Crippen LogP contribution in [0.1, 0.15) is 35.6 Å². The van der Waals surface area contributed by atoms with Crippen molar-refractivity contribution in [1.29, 1.82) is 0 Å². The summed E-state index contributed by atoms with van der Waals surface area (Å²) in [4.78, 5) is 40.3. The van der Waals surface area contributed by atoms with E-state index in [-0.39, 0.29) is 29.3 Å². The minimum Gasteiger partial charge on any atom is -0.326 e. The summed E-state index contributed by atoms with van der Waals surface area (Å²) in [5.41, 5.74) is 4.04. The number of likely N-dealkylation sites (tertiary alicyclic amines) is 1. The molecule has 1 aromatic heterocycles. The number of nitrogens with one attached hydrogen (secondary N) is 2. The first kappa shape index (κ1) is 23.4. The molecule has 176 valence electrons. The number of amides is 3. The normalized spacial score (nSPS) is 20.0. The number of nitrogens with zero attached hydrogens (tertiary/aromatic N) is 2. The van der Waals surface area contributed by atoms with Gasteiger partial charge in [0.15, 0.2) is 0 Å². The Morgan fingerprint density at radius 3 is 2.70 bits per heavy atom. The van der Waals surface area contributed by atoms with Gasteiger partial charge in [0, 0.05) is 43.0 Å². The average Bonchev–Trinajstić information content (AvgIpc) is 2.79. The van der Waals surface area contributed by atoms with Crippen LogP contribution in [-0.4, -0.2) is 52.5 Å². The largest absolute Gasteiger partial charge is 0.326 e. The van der Waals surface area contributed by atoms with E-state index in [9.17, 15) is 14.4 Å². The Kier molecular flexibility index (Phi) is 7.12. The third-order valence-electron chi connectivity index (χ3n) is 6.77. The number of hydrogen-bond donors (Lipinski definition) is 2. The van der Waals surface area contributed by atoms with Crippen molar-refractivity contribution >= 4 is 29.4 Å². The van der Waals surface area contributed by atoms with E-state index >= 15 is 0 Å². The molecule has 33 heavy (non-hydrogen) atoms. The Balaban J connectivity index is 1.44. The Morgan fingerprint density at radius 1 is 1.12 bits per heavy atom. The van der Waals surface area contributed by atoms with Crippen LogP contribution in [0, 0.1) is 19.8 Å². The number of rotatable bonds is 6. The van der Waals surface area contributed by atoms with Gasteiger partial charge in [0.25, 0.3) is 5.56 Å². The van der Waals surface area contributed by atoms with Crippen molar-refractivity contribution in [3.63, 3.8) is 0 Å². The number of thioether (sulfide) groups is 1. The maximum absolute atomic E-state index is 13.2. The number of aryl methyl sites for hydroxylation is 2. The summed E-state index contributed by atoms with van der Waals surface area (Å²) >= 11 is 1.65. The minimum absolute atomic E-state index is 0.0280. The van der Waals surface area contributed by atoms with Gasteiger partial charge in [-0.25, -0.2) is 4.79 Å². The second-order valence-corrected chi connectivity index (χ2v) is 10.2. The Labute approximate surface area is 198 Å². The molecule has 0 radical (unpaired) electrons. The molecule has 2 N–H and O–H groups in total. The number of piperidine rings is 1. The molecular formula is C25H32N4O3S. The van der Waals surface area contributed by atoms with E-state index in [2.05, 4.69) is 10.6 Å². The quantitative estimate of drug-likeness (QED) is 0.681. The summed E-state index contributed by atoms with van der Waals surface area (Å²) in [7, 11) is 0. The molecule has 2 bridgehead atoms. The third kappa shape index (κ3) is 5.27. The second kappa shape index (κ2) is 10.0. The first-order valence-corrected chi connectivity index (χ1v) is 12.9. The van der Waals surface area contributed by atoms with Crippen LogP contribution in [0.3, 0.4) is 0 Å². The molecule has 2 aliphatic rings. The number of hydrogen-bond acceptors (Lipinski definition) is 4. The smallest absolute Gasteiger partial charge is 0.318 e. The first-order chi connectivity index (χ1) is 15.9. The lowest BCUT2D eigenvalue weighted by molar-refractivity contribution is -0.118. The van der Waals surface area contributed by atoms with Crippen molar-refractivity contribution in [3.8, 4) is 0 Å². The molecular weight excluding hydrogens is 436 g/mol. The van der Waals surface area contributed by atoms with Crippen LogP contribution in [0.5, 0.6) is 0 Å². The standard InChI is InChI=1S/C25H32N4O3S/c1-16-7-8-20(11-17(16)2)26-24(31)21(9-10-33-3)27-25(32)28-13-18-12-19(15-28)22-5-4-6-23(30)29(22)14-18/h4-8,11,18-19,21H,9-10,12-15H2,1-3H3,(H,26,31)(H,27,32)/t18-,19?,21+/m1/s1. The van der Waals surface area contributed by atoms with Gasteiger partial charge in [-0.05, 0) is 73.9 Å². The zero-order valence-electron chi connectivity index (χ0n) is 19.5. The number of benzene rings is 1. The van der Waals surface area contributed by atoms with Crippen LogP contribution in [0.15, 0.2) is 41.2 Å². The Hall–Kier alpha value is -2.74. The molecule has 4 rings (SSSR count). The van der Waals surface area contributed by atoms with Crippen LogP contribution < -0.4 is 16.2 Å². The van der Waals surface area contributed by atoms with E-state index in [4.69, 9.17) is 0 Å². The number of pyridine rings is 1. The van der Waals surface area contributed by atoms with Gasteiger partial charge in [-0.3, -0.25) is 9.59 Å². The fourth-order valence-corrected chi connectivity index (χ4v) is 5.33. The molecule has 3 atom stereocenters.